The Morgan fingerprint density at radius 2 is 1.76 bits per heavy atom. The van der Waals surface area contributed by atoms with Crippen LogP contribution in [0.15, 0.2) is 18.2 Å². The number of benzene rings is 1. The minimum atomic E-state index is 0.215. The van der Waals surface area contributed by atoms with Crippen LogP contribution in [0.2, 0.25) is 0 Å². The Labute approximate surface area is 105 Å². The lowest BCUT2D eigenvalue weighted by molar-refractivity contribution is 0.122. The Balaban J connectivity index is 2.35. The molecule has 0 unspecified atom stereocenters. The highest BCUT2D eigenvalue weighted by Gasteiger charge is 2.20. The maximum atomic E-state index is 5.42. The molecule has 2 rings (SSSR count). The lowest BCUT2D eigenvalue weighted by atomic mass is 9.83. The Kier molecular flexibility index (Phi) is 3.43. The minimum Gasteiger partial charge on any atom is -0.378 e. The molecule has 2 nitrogen and oxygen atoms in total. The Morgan fingerprint density at radius 3 is 2.35 bits per heavy atom. The second-order valence-corrected chi connectivity index (χ2v) is 5.80. The summed E-state index contributed by atoms with van der Waals surface area (Å²) in [6.07, 6.45) is 0. The topological polar surface area (TPSA) is 12.5 Å². The Hall–Kier alpha value is -1.02. The molecule has 1 aliphatic rings. The van der Waals surface area contributed by atoms with Gasteiger partial charge in [0, 0.05) is 18.8 Å². The zero-order valence-corrected chi connectivity index (χ0v) is 11.4. The fraction of sp³-hybridized carbons (Fsp3) is 0.600. The van der Waals surface area contributed by atoms with Crippen LogP contribution in [0.4, 0.5) is 5.69 Å². The zero-order chi connectivity index (χ0) is 12.5. The summed E-state index contributed by atoms with van der Waals surface area (Å²) in [6.45, 7) is 12.8. The van der Waals surface area contributed by atoms with Crippen molar-refractivity contribution in [2.75, 3.05) is 31.2 Å². The van der Waals surface area contributed by atoms with Crippen molar-refractivity contribution in [3.63, 3.8) is 0 Å². The molecule has 1 aromatic rings. The zero-order valence-electron chi connectivity index (χ0n) is 11.4. The predicted molar refractivity (Wildman–Crippen MR) is 72.9 cm³/mol. The summed E-state index contributed by atoms with van der Waals surface area (Å²) in [6, 6.07) is 6.66. The van der Waals surface area contributed by atoms with Crippen molar-refractivity contribution in [1.82, 2.24) is 0 Å². The van der Waals surface area contributed by atoms with Crippen LogP contribution in [0.3, 0.4) is 0 Å². The highest BCUT2D eigenvalue weighted by Crippen LogP contribution is 2.31. The number of rotatable bonds is 1. The van der Waals surface area contributed by atoms with Crippen molar-refractivity contribution in [2.45, 2.75) is 33.1 Å². The third-order valence-electron chi connectivity index (χ3n) is 3.46. The first-order valence-electron chi connectivity index (χ1n) is 6.43. The molecule has 2 heteroatoms. The molecule has 1 heterocycles. The largest absolute Gasteiger partial charge is 0.378 e. The number of hydrogen-bond acceptors (Lipinski definition) is 2. The van der Waals surface area contributed by atoms with Crippen LogP contribution in [0.1, 0.15) is 31.9 Å². The molecule has 17 heavy (non-hydrogen) atoms. The van der Waals surface area contributed by atoms with Gasteiger partial charge in [-0.1, -0.05) is 32.9 Å². The average Bonchev–Trinajstić information content (AvgIpc) is 2.29. The van der Waals surface area contributed by atoms with E-state index in [0.29, 0.717) is 0 Å². The van der Waals surface area contributed by atoms with Gasteiger partial charge in [-0.25, -0.2) is 0 Å². The van der Waals surface area contributed by atoms with Gasteiger partial charge < -0.3 is 9.64 Å². The van der Waals surface area contributed by atoms with E-state index in [1.165, 1.54) is 16.8 Å². The van der Waals surface area contributed by atoms with Crippen LogP contribution < -0.4 is 4.90 Å². The number of anilines is 1. The summed E-state index contributed by atoms with van der Waals surface area (Å²) in [5.41, 5.74) is 4.45. The molecular weight excluding hydrogens is 210 g/mol. The van der Waals surface area contributed by atoms with E-state index in [0.717, 1.165) is 26.3 Å². The van der Waals surface area contributed by atoms with E-state index in [4.69, 9.17) is 4.74 Å². The minimum absolute atomic E-state index is 0.215. The maximum absolute atomic E-state index is 5.42. The maximum Gasteiger partial charge on any atom is 0.0642 e. The van der Waals surface area contributed by atoms with Gasteiger partial charge in [-0.05, 0) is 29.5 Å². The molecule has 0 spiro atoms. The van der Waals surface area contributed by atoms with Crippen molar-refractivity contribution in [3.05, 3.63) is 29.3 Å². The van der Waals surface area contributed by atoms with E-state index in [1.54, 1.807) is 0 Å². The average molecular weight is 233 g/mol. The molecule has 0 bridgehead atoms. The van der Waals surface area contributed by atoms with Crippen LogP contribution in [0, 0.1) is 6.92 Å². The first-order valence-corrected chi connectivity index (χ1v) is 6.43. The van der Waals surface area contributed by atoms with E-state index in [1.807, 2.05) is 0 Å². The smallest absolute Gasteiger partial charge is 0.0642 e. The highest BCUT2D eigenvalue weighted by molar-refractivity contribution is 5.57. The number of ether oxygens (including phenoxy) is 1. The summed E-state index contributed by atoms with van der Waals surface area (Å²) >= 11 is 0. The van der Waals surface area contributed by atoms with Gasteiger partial charge >= 0.3 is 0 Å². The molecule has 0 N–H and O–H groups in total. The van der Waals surface area contributed by atoms with Crippen LogP contribution >= 0.6 is 0 Å². The van der Waals surface area contributed by atoms with Crippen LogP contribution in [-0.4, -0.2) is 26.3 Å². The number of morpholine rings is 1. The van der Waals surface area contributed by atoms with Gasteiger partial charge in [-0.2, -0.15) is 0 Å². The van der Waals surface area contributed by atoms with E-state index < -0.39 is 0 Å². The highest BCUT2D eigenvalue weighted by atomic mass is 16.5. The number of hydrogen-bond donors (Lipinski definition) is 0. The summed E-state index contributed by atoms with van der Waals surface area (Å²) in [4.78, 5) is 2.44. The molecule has 0 radical (unpaired) electrons. The van der Waals surface area contributed by atoms with E-state index >= 15 is 0 Å². The summed E-state index contributed by atoms with van der Waals surface area (Å²) in [7, 11) is 0. The molecule has 1 aliphatic heterocycles. The summed E-state index contributed by atoms with van der Waals surface area (Å²) in [5.74, 6) is 0. The lowest BCUT2D eigenvalue weighted by Gasteiger charge is -2.32. The molecule has 0 aromatic heterocycles. The quantitative estimate of drug-likeness (QED) is 0.739. The van der Waals surface area contributed by atoms with Crippen molar-refractivity contribution in [1.29, 1.82) is 0 Å². The normalized spacial score (nSPS) is 17.3. The van der Waals surface area contributed by atoms with Gasteiger partial charge in [0.1, 0.15) is 0 Å². The van der Waals surface area contributed by atoms with Gasteiger partial charge in [0.25, 0.3) is 0 Å². The van der Waals surface area contributed by atoms with E-state index in [2.05, 4.69) is 50.8 Å². The molecule has 0 aliphatic carbocycles. The van der Waals surface area contributed by atoms with E-state index in [-0.39, 0.29) is 5.41 Å². The van der Waals surface area contributed by atoms with Crippen LogP contribution in [-0.2, 0) is 10.2 Å². The number of nitrogens with zero attached hydrogens (tertiary/aromatic N) is 1. The molecule has 0 saturated carbocycles. The first kappa shape index (κ1) is 12.4. The van der Waals surface area contributed by atoms with Gasteiger partial charge in [-0.3, -0.25) is 0 Å². The van der Waals surface area contributed by atoms with Crippen molar-refractivity contribution >= 4 is 5.69 Å². The molecule has 94 valence electrons. The third kappa shape index (κ3) is 2.63. The van der Waals surface area contributed by atoms with Crippen LogP contribution in [0.5, 0.6) is 0 Å². The summed E-state index contributed by atoms with van der Waals surface area (Å²) < 4.78 is 5.42. The Morgan fingerprint density at radius 1 is 1.12 bits per heavy atom. The van der Waals surface area contributed by atoms with E-state index in [9.17, 15) is 0 Å². The summed E-state index contributed by atoms with van der Waals surface area (Å²) in [5, 5.41) is 0. The SMILES string of the molecule is Cc1c(N2CCOCC2)cccc1C(C)(C)C. The van der Waals surface area contributed by atoms with Crippen molar-refractivity contribution < 1.29 is 4.74 Å². The molecule has 0 amide bonds. The van der Waals surface area contributed by atoms with Gasteiger partial charge in [0.15, 0.2) is 0 Å². The van der Waals surface area contributed by atoms with Crippen molar-refractivity contribution in [2.24, 2.45) is 0 Å². The predicted octanol–water partition coefficient (Wildman–Crippen LogP) is 3.13. The lowest BCUT2D eigenvalue weighted by Crippen LogP contribution is -2.37. The van der Waals surface area contributed by atoms with Gasteiger partial charge in [-0.15, -0.1) is 0 Å². The molecule has 1 fully saturated rings. The second kappa shape index (κ2) is 4.69. The molecule has 1 aromatic carbocycles. The van der Waals surface area contributed by atoms with Crippen LogP contribution in [0.25, 0.3) is 0 Å². The second-order valence-electron chi connectivity index (χ2n) is 5.80. The molecule has 0 atom stereocenters. The monoisotopic (exact) mass is 233 g/mol. The fourth-order valence-electron chi connectivity index (χ4n) is 2.58. The Bertz CT molecular complexity index is 386. The first-order chi connectivity index (χ1) is 8.00. The molecule has 1 saturated heterocycles. The molecular formula is C15H23NO. The van der Waals surface area contributed by atoms with Gasteiger partial charge in [0.2, 0.25) is 0 Å². The standard InChI is InChI=1S/C15H23NO/c1-12-13(15(2,3)4)6-5-7-14(12)16-8-10-17-11-9-16/h5-7H,8-11H2,1-4H3. The fourth-order valence-corrected chi connectivity index (χ4v) is 2.58. The van der Waals surface area contributed by atoms with Gasteiger partial charge in [0.05, 0.1) is 13.2 Å². The van der Waals surface area contributed by atoms with Crippen molar-refractivity contribution in [3.8, 4) is 0 Å². The third-order valence-corrected chi connectivity index (χ3v) is 3.46.